The van der Waals surface area contributed by atoms with Crippen LogP contribution < -0.4 is 11.1 Å². The summed E-state index contributed by atoms with van der Waals surface area (Å²) in [5.41, 5.74) is 8.39. The van der Waals surface area contributed by atoms with Crippen LogP contribution in [-0.4, -0.2) is 78.4 Å². The maximum atomic E-state index is 12.4. The molecule has 162 valence electrons. The Morgan fingerprint density at radius 2 is 1.80 bits per heavy atom. The van der Waals surface area contributed by atoms with Gasteiger partial charge in [0, 0.05) is 50.0 Å². The SMILES string of the molecule is Cc1ccc(/C(C=N)=N/C(=N)N2CCN(CC(=O)NC3CCC(N)CC3)CC2)cc1. The maximum absolute atomic E-state index is 12.4. The van der Waals surface area contributed by atoms with E-state index in [0.29, 0.717) is 38.4 Å². The van der Waals surface area contributed by atoms with E-state index in [1.807, 2.05) is 36.1 Å². The first-order chi connectivity index (χ1) is 14.4. The van der Waals surface area contributed by atoms with Crippen LogP contribution in [-0.2, 0) is 4.79 Å². The second-order valence-corrected chi connectivity index (χ2v) is 8.27. The molecule has 1 saturated heterocycles. The lowest BCUT2D eigenvalue weighted by atomic mass is 9.92. The van der Waals surface area contributed by atoms with Gasteiger partial charge in [-0.3, -0.25) is 15.1 Å². The van der Waals surface area contributed by atoms with Gasteiger partial charge in [0.1, 0.15) is 0 Å². The van der Waals surface area contributed by atoms with Crippen LogP contribution in [0.1, 0.15) is 36.8 Å². The fraction of sp³-hybridized carbons (Fsp3) is 0.545. The van der Waals surface area contributed by atoms with E-state index in [9.17, 15) is 4.79 Å². The van der Waals surface area contributed by atoms with Crippen LogP contribution in [0.3, 0.4) is 0 Å². The third-order valence-corrected chi connectivity index (χ3v) is 5.89. The number of piperazine rings is 1. The van der Waals surface area contributed by atoms with Gasteiger partial charge in [-0.2, -0.15) is 0 Å². The Morgan fingerprint density at radius 3 is 2.40 bits per heavy atom. The number of amides is 1. The molecule has 8 heteroatoms. The minimum absolute atomic E-state index is 0.0717. The first kappa shape index (κ1) is 22.1. The largest absolute Gasteiger partial charge is 0.352 e. The number of nitrogens with zero attached hydrogens (tertiary/aromatic N) is 3. The molecule has 0 aromatic heterocycles. The number of nitrogens with two attached hydrogens (primary N) is 1. The van der Waals surface area contributed by atoms with Gasteiger partial charge in [-0.1, -0.05) is 29.8 Å². The normalized spacial score (nSPS) is 23.1. The Kier molecular flexibility index (Phi) is 7.70. The summed E-state index contributed by atoms with van der Waals surface area (Å²) in [6.07, 6.45) is 5.08. The van der Waals surface area contributed by atoms with Crippen molar-refractivity contribution < 1.29 is 4.79 Å². The molecule has 1 heterocycles. The number of benzene rings is 1. The van der Waals surface area contributed by atoms with Gasteiger partial charge in [0.15, 0.2) is 0 Å². The summed E-state index contributed by atoms with van der Waals surface area (Å²) in [7, 11) is 0. The summed E-state index contributed by atoms with van der Waals surface area (Å²) in [4.78, 5) is 20.7. The number of nitrogens with one attached hydrogen (secondary N) is 3. The Hall–Kier alpha value is -2.58. The highest BCUT2D eigenvalue weighted by Gasteiger charge is 2.23. The van der Waals surface area contributed by atoms with Gasteiger partial charge in [-0.25, -0.2) is 4.99 Å². The van der Waals surface area contributed by atoms with Crippen molar-refractivity contribution in [3.8, 4) is 0 Å². The third-order valence-electron chi connectivity index (χ3n) is 5.89. The Bertz CT molecular complexity index is 773. The van der Waals surface area contributed by atoms with E-state index in [1.165, 1.54) is 6.21 Å². The number of rotatable bonds is 5. The van der Waals surface area contributed by atoms with E-state index in [2.05, 4.69) is 15.2 Å². The lowest BCUT2D eigenvalue weighted by molar-refractivity contribution is -0.123. The second kappa shape index (κ2) is 10.4. The molecule has 2 fully saturated rings. The molecule has 0 atom stereocenters. The third kappa shape index (κ3) is 6.21. The summed E-state index contributed by atoms with van der Waals surface area (Å²) in [6.45, 7) is 5.12. The number of aliphatic imine (C=N–C) groups is 1. The van der Waals surface area contributed by atoms with E-state index in [0.717, 1.165) is 36.8 Å². The van der Waals surface area contributed by atoms with Crippen LogP contribution in [0.4, 0.5) is 0 Å². The molecule has 0 radical (unpaired) electrons. The van der Waals surface area contributed by atoms with Crippen molar-refractivity contribution in [3.63, 3.8) is 0 Å². The molecule has 3 rings (SSSR count). The highest BCUT2D eigenvalue weighted by atomic mass is 16.2. The zero-order chi connectivity index (χ0) is 21.5. The lowest BCUT2D eigenvalue weighted by Gasteiger charge is -2.35. The predicted octanol–water partition coefficient (Wildman–Crippen LogP) is 1.37. The summed E-state index contributed by atoms with van der Waals surface area (Å²) < 4.78 is 0. The monoisotopic (exact) mass is 411 g/mol. The van der Waals surface area contributed by atoms with E-state index in [4.69, 9.17) is 16.6 Å². The van der Waals surface area contributed by atoms with E-state index < -0.39 is 0 Å². The second-order valence-electron chi connectivity index (χ2n) is 8.27. The molecule has 1 aliphatic carbocycles. The number of carbonyl (C=O) groups excluding carboxylic acids is 1. The fourth-order valence-corrected chi connectivity index (χ4v) is 3.95. The van der Waals surface area contributed by atoms with E-state index in [1.54, 1.807) is 0 Å². The number of aryl methyl sites for hydroxylation is 1. The molecule has 1 saturated carbocycles. The van der Waals surface area contributed by atoms with Crippen LogP contribution in [0.5, 0.6) is 0 Å². The molecular formula is C22H33N7O. The zero-order valence-electron chi connectivity index (χ0n) is 17.7. The quantitative estimate of drug-likeness (QED) is 0.432. The standard InChI is InChI=1S/C22H33N7O/c1-16-2-4-17(5-3-16)20(14-23)27-22(25)29-12-10-28(11-13-29)15-21(30)26-19-8-6-18(24)7-9-19/h2-5,14,18-19,23,25H,6-13,15,24H2,1H3,(H,26,30)/b23-14?,25-22?,27-20+. The topological polar surface area (TPSA) is 122 Å². The minimum atomic E-state index is 0.0717. The number of carbonyl (C=O) groups is 1. The number of hydrogen-bond acceptors (Lipinski definition) is 5. The molecule has 1 amide bonds. The predicted molar refractivity (Wildman–Crippen MR) is 121 cm³/mol. The summed E-state index contributed by atoms with van der Waals surface area (Å²) >= 11 is 0. The van der Waals surface area contributed by atoms with Gasteiger partial charge in [-0.05, 0) is 32.6 Å². The van der Waals surface area contributed by atoms with Crippen LogP contribution in [0, 0.1) is 17.7 Å². The summed E-state index contributed by atoms with van der Waals surface area (Å²) in [5, 5.41) is 19.1. The van der Waals surface area contributed by atoms with Gasteiger partial charge in [-0.15, -0.1) is 0 Å². The summed E-state index contributed by atoms with van der Waals surface area (Å²) in [5.74, 6) is 0.235. The molecule has 1 aliphatic heterocycles. The average molecular weight is 412 g/mol. The minimum Gasteiger partial charge on any atom is -0.352 e. The van der Waals surface area contributed by atoms with Crippen LogP contribution in [0.2, 0.25) is 0 Å². The smallest absolute Gasteiger partial charge is 0.234 e. The van der Waals surface area contributed by atoms with Gasteiger partial charge >= 0.3 is 0 Å². The first-order valence-electron chi connectivity index (χ1n) is 10.7. The van der Waals surface area contributed by atoms with E-state index in [-0.39, 0.29) is 24.0 Å². The van der Waals surface area contributed by atoms with Crippen LogP contribution in [0.15, 0.2) is 29.3 Å². The van der Waals surface area contributed by atoms with Crippen molar-refractivity contribution in [1.82, 2.24) is 15.1 Å². The molecule has 1 aromatic carbocycles. The lowest BCUT2D eigenvalue weighted by Crippen LogP contribution is -2.52. The Morgan fingerprint density at radius 1 is 1.17 bits per heavy atom. The van der Waals surface area contributed by atoms with Crippen molar-refractivity contribution in [2.45, 2.75) is 44.7 Å². The molecule has 0 bridgehead atoms. The van der Waals surface area contributed by atoms with Crippen molar-refractivity contribution in [2.75, 3.05) is 32.7 Å². The van der Waals surface area contributed by atoms with Crippen LogP contribution in [0.25, 0.3) is 0 Å². The van der Waals surface area contributed by atoms with Crippen molar-refractivity contribution >= 4 is 23.8 Å². The molecule has 2 aliphatic rings. The molecule has 8 nitrogen and oxygen atoms in total. The zero-order valence-corrected chi connectivity index (χ0v) is 17.7. The van der Waals surface area contributed by atoms with Crippen molar-refractivity contribution in [3.05, 3.63) is 35.4 Å². The van der Waals surface area contributed by atoms with Crippen molar-refractivity contribution in [2.24, 2.45) is 10.7 Å². The Labute approximate surface area is 178 Å². The average Bonchev–Trinajstić information content (AvgIpc) is 2.74. The molecule has 30 heavy (non-hydrogen) atoms. The maximum Gasteiger partial charge on any atom is 0.234 e. The van der Waals surface area contributed by atoms with Gasteiger partial charge in [0.2, 0.25) is 11.9 Å². The first-order valence-corrected chi connectivity index (χ1v) is 10.7. The van der Waals surface area contributed by atoms with Gasteiger partial charge in [0.05, 0.1) is 12.3 Å². The van der Waals surface area contributed by atoms with Crippen LogP contribution >= 0.6 is 0 Å². The summed E-state index contributed by atoms with van der Waals surface area (Å²) in [6, 6.07) is 8.32. The van der Waals surface area contributed by atoms with Gasteiger partial charge < -0.3 is 21.4 Å². The molecule has 0 unspecified atom stereocenters. The highest BCUT2D eigenvalue weighted by Crippen LogP contribution is 2.17. The molecule has 0 spiro atoms. The highest BCUT2D eigenvalue weighted by molar-refractivity contribution is 6.39. The fourth-order valence-electron chi connectivity index (χ4n) is 3.95. The number of guanidine groups is 1. The molecule has 1 aromatic rings. The van der Waals surface area contributed by atoms with E-state index >= 15 is 0 Å². The number of hydrogen-bond donors (Lipinski definition) is 4. The molecular weight excluding hydrogens is 378 g/mol. The molecule has 5 N–H and O–H groups in total. The van der Waals surface area contributed by atoms with Gasteiger partial charge in [0.25, 0.3) is 0 Å². The van der Waals surface area contributed by atoms with Crippen molar-refractivity contribution in [1.29, 1.82) is 10.8 Å². The Balaban J connectivity index is 1.46.